The molecular formula is C14H22N4O3. The maximum atomic E-state index is 12.1. The van der Waals surface area contributed by atoms with E-state index in [0.29, 0.717) is 11.8 Å². The van der Waals surface area contributed by atoms with Gasteiger partial charge in [0.15, 0.2) is 5.69 Å². The second-order valence-electron chi connectivity index (χ2n) is 5.73. The fraction of sp³-hybridized carbons (Fsp3) is 0.714. The Bertz CT molecular complexity index is 514. The fourth-order valence-corrected chi connectivity index (χ4v) is 2.76. The van der Waals surface area contributed by atoms with Crippen LogP contribution in [-0.4, -0.2) is 40.0 Å². The molecule has 1 saturated carbocycles. The van der Waals surface area contributed by atoms with Crippen LogP contribution in [0.5, 0.6) is 0 Å². The zero-order chi connectivity index (χ0) is 15.4. The number of amides is 1. The molecule has 2 rings (SSSR count). The van der Waals surface area contributed by atoms with Gasteiger partial charge >= 0.3 is 5.97 Å². The molecule has 0 spiro atoms. The van der Waals surface area contributed by atoms with E-state index < -0.39 is 5.97 Å². The fourth-order valence-electron chi connectivity index (χ4n) is 2.76. The molecule has 1 aromatic rings. The van der Waals surface area contributed by atoms with Crippen LogP contribution in [0.15, 0.2) is 6.20 Å². The van der Waals surface area contributed by atoms with Gasteiger partial charge in [-0.1, -0.05) is 31.9 Å². The third kappa shape index (κ3) is 3.80. The molecule has 1 aromatic heterocycles. The SMILES string of the molecule is COC(=O)c1cn(CC(=O)NC2CCCC(C)C2C)nn1. The van der Waals surface area contributed by atoms with Gasteiger partial charge in [0, 0.05) is 6.04 Å². The van der Waals surface area contributed by atoms with Gasteiger partial charge in [0.05, 0.1) is 13.3 Å². The number of hydrogen-bond donors (Lipinski definition) is 1. The van der Waals surface area contributed by atoms with E-state index in [-0.39, 0.29) is 24.2 Å². The molecule has 1 heterocycles. The van der Waals surface area contributed by atoms with Crippen LogP contribution in [0, 0.1) is 11.8 Å². The van der Waals surface area contributed by atoms with Crippen molar-refractivity contribution in [3.8, 4) is 0 Å². The van der Waals surface area contributed by atoms with Crippen LogP contribution in [0.25, 0.3) is 0 Å². The van der Waals surface area contributed by atoms with Crippen molar-refractivity contribution in [1.82, 2.24) is 20.3 Å². The lowest BCUT2D eigenvalue weighted by Gasteiger charge is -2.34. The van der Waals surface area contributed by atoms with Gasteiger partial charge in [-0.3, -0.25) is 4.79 Å². The zero-order valence-corrected chi connectivity index (χ0v) is 12.7. The Hall–Kier alpha value is -1.92. The minimum atomic E-state index is -0.559. The Balaban J connectivity index is 1.89. The molecule has 1 fully saturated rings. The van der Waals surface area contributed by atoms with Crippen molar-refractivity contribution in [2.24, 2.45) is 11.8 Å². The number of carbonyl (C=O) groups is 2. The highest BCUT2D eigenvalue weighted by atomic mass is 16.5. The number of nitrogens with zero attached hydrogens (tertiary/aromatic N) is 3. The number of aromatic nitrogens is 3. The highest BCUT2D eigenvalue weighted by Crippen LogP contribution is 2.29. The van der Waals surface area contributed by atoms with Crippen LogP contribution >= 0.6 is 0 Å². The summed E-state index contributed by atoms with van der Waals surface area (Å²) in [5.41, 5.74) is 0.102. The van der Waals surface area contributed by atoms with Gasteiger partial charge in [0.2, 0.25) is 5.91 Å². The van der Waals surface area contributed by atoms with E-state index in [0.717, 1.165) is 12.8 Å². The first-order valence-corrected chi connectivity index (χ1v) is 7.29. The Kier molecular flexibility index (Phi) is 4.93. The third-order valence-corrected chi connectivity index (χ3v) is 4.29. The van der Waals surface area contributed by atoms with E-state index in [1.807, 2.05) is 0 Å². The molecule has 116 valence electrons. The van der Waals surface area contributed by atoms with E-state index in [4.69, 9.17) is 0 Å². The summed E-state index contributed by atoms with van der Waals surface area (Å²) in [5, 5.41) is 10.5. The van der Waals surface area contributed by atoms with Gasteiger partial charge < -0.3 is 10.1 Å². The summed E-state index contributed by atoms with van der Waals surface area (Å²) in [6.45, 7) is 4.46. The summed E-state index contributed by atoms with van der Waals surface area (Å²) >= 11 is 0. The van der Waals surface area contributed by atoms with Crippen molar-refractivity contribution >= 4 is 11.9 Å². The number of hydrogen-bond acceptors (Lipinski definition) is 5. The summed E-state index contributed by atoms with van der Waals surface area (Å²) in [5.74, 6) is 0.434. The lowest BCUT2D eigenvalue weighted by Crippen LogP contribution is -2.44. The lowest BCUT2D eigenvalue weighted by atomic mass is 9.78. The van der Waals surface area contributed by atoms with Gasteiger partial charge in [0.25, 0.3) is 0 Å². The second-order valence-corrected chi connectivity index (χ2v) is 5.73. The number of nitrogens with one attached hydrogen (secondary N) is 1. The van der Waals surface area contributed by atoms with Gasteiger partial charge in [-0.25, -0.2) is 9.48 Å². The molecular weight excluding hydrogens is 272 g/mol. The van der Waals surface area contributed by atoms with Crippen LogP contribution in [0.1, 0.15) is 43.6 Å². The number of esters is 1. The Morgan fingerprint density at radius 2 is 2.19 bits per heavy atom. The smallest absolute Gasteiger partial charge is 0.360 e. The summed E-state index contributed by atoms with van der Waals surface area (Å²) in [7, 11) is 1.28. The largest absolute Gasteiger partial charge is 0.464 e. The Labute approximate surface area is 124 Å². The third-order valence-electron chi connectivity index (χ3n) is 4.29. The molecule has 21 heavy (non-hydrogen) atoms. The van der Waals surface area contributed by atoms with Crippen molar-refractivity contribution in [1.29, 1.82) is 0 Å². The first kappa shape index (κ1) is 15.5. The monoisotopic (exact) mass is 294 g/mol. The van der Waals surface area contributed by atoms with Gasteiger partial charge in [-0.05, 0) is 18.3 Å². The molecule has 0 bridgehead atoms. The molecule has 7 nitrogen and oxygen atoms in total. The average Bonchev–Trinajstić information content (AvgIpc) is 2.91. The van der Waals surface area contributed by atoms with Gasteiger partial charge in [-0.2, -0.15) is 0 Å². The molecule has 0 saturated heterocycles. The van der Waals surface area contributed by atoms with Crippen LogP contribution in [0.2, 0.25) is 0 Å². The van der Waals surface area contributed by atoms with E-state index in [2.05, 4.69) is 34.2 Å². The van der Waals surface area contributed by atoms with Crippen molar-refractivity contribution in [3.05, 3.63) is 11.9 Å². The molecule has 3 unspecified atom stereocenters. The van der Waals surface area contributed by atoms with E-state index >= 15 is 0 Å². The highest BCUT2D eigenvalue weighted by Gasteiger charge is 2.28. The summed E-state index contributed by atoms with van der Waals surface area (Å²) < 4.78 is 5.89. The quantitative estimate of drug-likeness (QED) is 0.837. The van der Waals surface area contributed by atoms with Crippen LogP contribution < -0.4 is 5.32 Å². The summed E-state index contributed by atoms with van der Waals surface area (Å²) in [6.07, 6.45) is 4.80. The minimum absolute atomic E-state index is 0.0571. The molecule has 3 atom stereocenters. The zero-order valence-electron chi connectivity index (χ0n) is 12.7. The minimum Gasteiger partial charge on any atom is -0.464 e. The first-order valence-electron chi connectivity index (χ1n) is 7.29. The van der Waals surface area contributed by atoms with Crippen molar-refractivity contribution in [3.63, 3.8) is 0 Å². The predicted octanol–water partition coefficient (Wildman–Crippen LogP) is 1.01. The summed E-state index contributed by atoms with van der Waals surface area (Å²) in [4.78, 5) is 23.3. The molecule has 1 amide bonds. The predicted molar refractivity (Wildman–Crippen MR) is 75.5 cm³/mol. The normalized spacial score (nSPS) is 25.4. The molecule has 1 N–H and O–H groups in total. The maximum Gasteiger partial charge on any atom is 0.360 e. The molecule has 1 aliphatic rings. The molecule has 7 heteroatoms. The molecule has 0 aliphatic heterocycles. The molecule has 0 radical (unpaired) electrons. The van der Waals surface area contributed by atoms with E-state index in [1.54, 1.807) is 0 Å². The van der Waals surface area contributed by atoms with Crippen molar-refractivity contribution in [2.75, 3.05) is 7.11 Å². The topological polar surface area (TPSA) is 86.1 Å². The second kappa shape index (κ2) is 6.69. The van der Waals surface area contributed by atoms with Gasteiger partial charge in [0.1, 0.15) is 6.54 Å². The number of ether oxygens (including phenoxy) is 1. The van der Waals surface area contributed by atoms with Crippen molar-refractivity contribution in [2.45, 2.75) is 45.7 Å². The van der Waals surface area contributed by atoms with Crippen LogP contribution in [0.4, 0.5) is 0 Å². The number of carbonyl (C=O) groups excluding carboxylic acids is 2. The first-order chi connectivity index (χ1) is 10.0. The summed E-state index contributed by atoms with van der Waals surface area (Å²) in [6, 6.07) is 0.213. The van der Waals surface area contributed by atoms with Gasteiger partial charge in [-0.15, -0.1) is 5.10 Å². The van der Waals surface area contributed by atoms with E-state index in [9.17, 15) is 9.59 Å². The highest BCUT2D eigenvalue weighted by molar-refractivity contribution is 5.86. The molecule has 0 aromatic carbocycles. The average molecular weight is 294 g/mol. The number of methoxy groups -OCH3 is 1. The van der Waals surface area contributed by atoms with E-state index in [1.165, 1.54) is 24.4 Å². The maximum absolute atomic E-state index is 12.1. The standard InChI is InChI=1S/C14H22N4O3/c1-9-5-4-6-11(10(9)2)15-13(19)8-18-7-12(16-17-18)14(20)21-3/h7,9-11H,4-6,8H2,1-3H3,(H,15,19). The van der Waals surface area contributed by atoms with Crippen LogP contribution in [0.3, 0.4) is 0 Å². The number of rotatable bonds is 4. The Morgan fingerprint density at radius 3 is 2.90 bits per heavy atom. The van der Waals surface area contributed by atoms with Crippen LogP contribution in [-0.2, 0) is 16.1 Å². The Morgan fingerprint density at radius 1 is 1.43 bits per heavy atom. The lowest BCUT2D eigenvalue weighted by molar-refractivity contribution is -0.123. The molecule has 1 aliphatic carbocycles. The van der Waals surface area contributed by atoms with Crippen molar-refractivity contribution < 1.29 is 14.3 Å².